The molecular weight excluding hydrogens is 256 g/mol. The molecule has 5 heteroatoms. The number of nitrogens with two attached hydrogens (primary N) is 1. The molecule has 0 aliphatic carbocycles. The molecule has 0 aliphatic heterocycles. The molecule has 0 bridgehead atoms. The second-order valence-corrected chi connectivity index (χ2v) is 5.85. The Morgan fingerprint density at radius 3 is 2.89 bits per heavy atom. The summed E-state index contributed by atoms with van der Waals surface area (Å²) in [5.74, 6) is 5.64. The van der Waals surface area contributed by atoms with Crippen molar-refractivity contribution in [1.29, 1.82) is 0 Å². The maximum atomic E-state index is 5.64. The van der Waals surface area contributed by atoms with Crippen molar-refractivity contribution in [2.24, 2.45) is 12.9 Å². The van der Waals surface area contributed by atoms with Gasteiger partial charge in [0.2, 0.25) is 0 Å². The molecule has 2 aromatic heterocycles. The lowest BCUT2D eigenvalue weighted by Crippen LogP contribution is -2.35. The van der Waals surface area contributed by atoms with E-state index in [2.05, 4.69) is 34.1 Å². The van der Waals surface area contributed by atoms with Gasteiger partial charge in [-0.2, -0.15) is 5.10 Å². The van der Waals surface area contributed by atoms with Gasteiger partial charge >= 0.3 is 0 Å². The van der Waals surface area contributed by atoms with Crippen molar-refractivity contribution in [2.45, 2.75) is 38.1 Å². The van der Waals surface area contributed by atoms with Gasteiger partial charge in [-0.15, -0.1) is 11.3 Å². The molecule has 3 N–H and O–H groups in total. The predicted molar refractivity (Wildman–Crippen MR) is 79.9 cm³/mol. The van der Waals surface area contributed by atoms with E-state index in [1.165, 1.54) is 17.0 Å². The monoisotopic (exact) mass is 278 g/mol. The van der Waals surface area contributed by atoms with Crippen LogP contribution < -0.4 is 11.3 Å². The van der Waals surface area contributed by atoms with Gasteiger partial charge in [-0.25, -0.2) is 0 Å². The van der Waals surface area contributed by atoms with E-state index in [1.54, 1.807) is 0 Å². The van der Waals surface area contributed by atoms with Gasteiger partial charge in [-0.05, 0) is 49.6 Å². The lowest BCUT2D eigenvalue weighted by atomic mass is 10.0. The van der Waals surface area contributed by atoms with Crippen LogP contribution in [0.5, 0.6) is 0 Å². The summed E-state index contributed by atoms with van der Waals surface area (Å²) in [6.07, 6.45) is 7.37. The Bertz CT molecular complexity index is 464. The van der Waals surface area contributed by atoms with Gasteiger partial charge in [-0.1, -0.05) is 6.07 Å². The van der Waals surface area contributed by atoms with Crippen LogP contribution in [-0.4, -0.2) is 15.8 Å². The zero-order chi connectivity index (χ0) is 13.5. The Balaban J connectivity index is 1.69. The third kappa shape index (κ3) is 4.45. The molecule has 0 saturated heterocycles. The third-order valence-electron chi connectivity index (χ3n) is 3.46. The topological polar surface area (TPSA) is 55.9 Å². The van der Waals surface area contributed by atoms with Crippen LogP contribution >= 0.6 is 11.3 Å². The molecule has 104 valence electrons. The fourth-order valence-electron chi connectivity index (χ4n) is 2.26. The zero-order valence-corrected chi connectivity index (χ0v) is 12.2. The first kappa shape index (κ1) is 14.2. The average molecular weight is 278 g/mol. The van der Waals surface area contributed by atoms with Gasteiger partial charge in [0.25, 0.3) is 0 Å². The molecule has 2 aromatic rings. The van der Waals surface area contributed by atoms with Crippen LogP contribution in [0.3, 0.4) is 0 Å². The summed E-state index contributed by atoms with van der Waals surface area (Å²) in [7, 11) is 1.98. The fraction of sp³-hybridized carbons (Fsp3) is 0.500. The summed E-state index contributed by atoms with van der Waals surface area (Å²) < 4.78 is 1.93. The lowest BCUT2D eigenvalue weighted by Gasteiger charge is -2.15. The average Bonchev–Trinajstić information content (AvgIpc) is 3.05. The van der Waals surface area contributed by atoms with Crippen molar-refractivity contribution < 1.29 is 0 Å². The molecule has 0 fully saturated rings. The van der Waals surface area contributed by atoms with E-state index < -0.39 is 0 Å². The molecule has 0 saturated carbocycles. The first-order valence-electron chi connectivity index (χ1n) is 6.75. The quantitative estimate of drug-likeness (QED) is 0.575. The van der Waals surface area contributed by atoms with E-state index in [1.807, 2.05) is 29.3 Å². The van der Waals surface area contributed by atoms with Crippen molar-refractivity contribution in [1.82, 2.24) is 15.2 Å². The molecule has 2 heterocycles. The highest BCUT2D eigenvalue weighted by molar-refractivity contribution is 7.09. The molecule has 0 radical (unpaired) electrons. The first-order valence-corrected chi connectivity index (χ1v) is 7.63. The summed E-state index contributed by atoms with van der Waals surface area (Å²) in [5.41, 5.74) is 4.20. The number of aryl methyl sites for hydroxylation is 3. The minimum atomic E-state index is 0.384. The van der Waals surface area contributed by atoms with Crippen LogP contribution in [0.15, 0.2) is 29.8 Å². The molecular formula is C14H22N4S. The highest BCUT2D eigenvalue weighted by atomic mass is 32.1. The van der Waals surface area contributed by atoms with E-state index in [-0.39, 0.29) is 0 Å². The number of rotatable bonds is 8. The summed E-state index contributed by atoms with van der Waals surface area (Å²) in [5, 5.41) is 6.32. The Morgan fingerprint density at radius 1 is 1.37 bits per heavy atom. The Labute approximate surface area is 118 Å². The molecule has 2 rings (SSSR count). The molecule has 4 nitrogen and oxygen atoms in total. The Morgan fingerprint density at radius 2 is 2.26 bits per heavy atom. The van der Waals surface area contributed by atoms with Gasteiger partial charge in [0.15, 0.2) is 0 Å². The molecule has 0 spiro atoms. The van der Waals surface area contributed by atoms with E-state index in [0.717, 1.165) is 25.7 Å². The van der Waals surface area contributed by atoms with E-state index in [4.69, 9.17) is 5.84 Å². The Kier molecular flexibility index (Phi) is 5.57. The number of hydrogen-bond donors (Lipinski definition) is 2. The van der Waals surface area contributed by atoms with Crippen LogP contribution in [-0.2, 0) is 19.9 Å². The van der Waals surface area contributed by atoms with Gasteiger partial charge in [-0.3, -0.25) is 16.0 Å². The first-order chi connectivity index (χ1) is 9.29. The number of nitrogens with zero attached hydrogens (tertiary/aromatic N) is 2. The van der Waals surface area contributed by atoms with E-state index in [9.17, 15) is 0 Å². The largest absolute Gasteiger partial charge is 0.273 e. The van der Waals surface area contributed by atoms with E-state index >= 15 is 0 Å². The van der Waals surface area contributed by atoms with Crippen molar-refractivity contribution in [3.63, 3.8) is 0 Å². The second-order valence-electron chi connectivity index (χ2n) is 4.82. The maximum Gasteiger partial charge on any atom is 0.0492 e. The molecule has 1 atom stereocenters. The third-order valence-corrected chi connectivity index (χ3v) is 4.40. The lowest BCUT2D eigenvalue weighted by molar-refractivity contribution is 0.447. The van der Waals surface area contributed by atoms with Crippen molar-refractivity contribution >= 4 is 11.3 Å². The maximum absolute atomic E-state index is 5.64. The summed E-state index contributed by atoms with van der Waals surface area (Å²) in [6, 6.07) is 6.76. The normalized spacial score (nSPS) is 12.7. The highest BCUT2D eigenvalue weighted by Crippen LogP contribution is 2.14. The number of hydrogen-bond acceptors (Lipinski definition) is 4. The summed E-state index contributed by atoms with van der Waals surface area (Å²) >= 11 is 1.83. The van der Waals surface area contributed by atoms with Crippen molar-refractivity contribution in [3.05, 3.63) is 40.3 Å². The minimum Gasteiger partial charge on any atom is -0.273 e. The SMILES string of the molecule is Cn1nccc1CCC(CCCc1cccs1)NN. The molecule has 19 heavy (non-hydrogen) atoms. The number of thiophene rings is 1. The molecule has 0 aromatic carbocycles. The standard InChI is InChI=1S/C14H22N4S/c1-18-13(9-10-16-18)8-7-12(17-15)4-2-5-14-6-3-11-19-14/h3,6,9-12,17H,2,4-5,7-8,15H2,1H3. The second kappa shape index (κ2) is 7.43. The molecule has 0 amide bonds. The van der Waals surface area contributed by atoms with Crippen molar-refractivity contribution in [2.75, 3.05) is 0 Å². The van der Waals surface area contributed by atoms with Gasteiger partial charge < -0.3 is 0 Å². The summed E-state index contributed by atoms with van der Waals surface area (Å²) in [6.45, 7) is 0. The predicted octanol–water partition coefficient (Wildman–Crippen LogP) is 2.27. The molecule has 0 aliphatic rings. The number of nitrogens with one attached hydrogen (secondary N) is 1. The smallest absolute Gasteiger partial charge is 0.0492 e. The van der Waals surface area contributed by atoms with Crippen molar-refractivity contribution in [3.8, 4) is 0 Å². The van der Waals surface area contributed by atoms with Gasteiger partial charge in [0.05, 0.1) is 0 Å². The highest BCUT2D eigenvalue weighted by Gasteiger charge is 2.08. The molecule has 1 unspecified atom stereocenters. The van der Waals surface area contributed by atoms with Crippen LogP contribution in [0.1, 0.15) is 29.8 Å². The van der Waals surface area contributed by atoms with Gasteiger partial charge in [0, 0.05) is 29.9 Å². The van der Waals surface area contributed by atoms with Gasteiger partial charge in [0.1, 0.15) is 0 Å². The minimum absolute atomic E-state index is 0.384. The van der Waals surface area contributed by atoms with E-state index in [0.29, 0.717) is 6.04 Å². The van der Waals surface area contributed by atoms with Crippen LogP contribution in [0, 0.1) is 0 Å². The Hall–Kier alpha value is -1.17. The number of aromatic nitrogens is 2. The van der Waals surface area contributed by atoms with Crippen LogP contribution in [0.2, 0.25) is 0 Å². The number of hydrazine groups is 1. The van der Waals surface area contributed by atoms with Crippen LogP contribution in [0.4, 0.5) is 0 Å². The fourth-order valence-corrected chi connectivity index (χ4v) is 3.01. The summed E-state index contributed by atoms with van der Waals surface area (Å²) in [4.78, 5) is 1.46. The zero-order valence-electron chi connectivity index (χ0n) is 11.4. The van der Waals surface area contributed by atoms with Crippen LogP contribution in [0.25, 0.3) is 0 Å².